The Morgan fingerprint density at radius 2 is 1.95 bits per heavy atom. The van der Waals surface area contributed by atoms with Crippen molar-refractivity contribution >= 4 is 22.3 Å². The number of anilines is 2. The Kier molecular flexibility index (Phi) is 3.49. The number of fused-ring (bicyclic) bond motifs is 1. The van der Waals surface area contributed by atoms with E-state index in [-0.39, 0.29) is 0 Å². The lowest BCUT2D eigenvalue weighted by Crippen LogP contribution is -2.56. The highest BCUT2D eigenvalue weighted by molar-refractivity contribution is 5.98. The van der Waals surface area contributed by atoms with Crippen LogP contribution in [0.3, 0.4) is 0 Å². The van der Waals surface area contributed by atoms with E-state index in [1.807, 2.05) is 24.4 Å². The molecule has 0 atom stereocenters. The van der Waals surface area contributed by atoms with Crippen molar-refractivity contribution in [3.8, 4) is 0 Å². The average molecular weight is 284 g/mol. The molecule has 1 aliphatic rings. The van der Waals surface area contributed by atoms with Crippen molar-refractivity contribution in [2.75, 3.05) is 38.3 Å². The zero-order valence-electron chi connectivity index (χ0n) is 13.1. The Labute approximate surface area is 126 Å². The van der Waals surface area contributed by atoms with E-state index >= 15 is 0 Å². The molecule has 0 amide bonds. The molecule has 1 saturated carbocycles. The van der Waals surface area contributed by atoms with Gasteiger partial charge in [-0.15, -0.1) is 0 Å². The smallest absolute Gasteiger partial charge is 0.0955 e. The largest absolute Gasteiger partial charge is 0.398 e. The molecule has 0 saturated heterocycles. The van der Waals surface area contributed by atoms with Crippen LogP contribution in [0, 0.1) is 0 Å². The summed E-state index contributed by atoms with van der Waals surface area (Å²) < 4.78 is 0. The number of nitrogens with two attached hydrogens (primary N) is 1. The maximum atomic E-state index is 6.07. The van der Waals surface area contributed by atoms with Crippen molar-refractivity contribution in [1.29, 1.82) is 0 Å². The second kappa shape index (κ2) is 5.19. The summed E-state index contributed by atoms with van der Waals surface area (Å²) in [7, 11) is 6.53. The van der Waals surface area contributed by atoms with E-state index in [0.29, 0.717) is 5.54 Å². The summed E-state index contributed by atoms with van der Waals surface area (Å²) >= 11 is 0. The van der Waals surface area contributed by atoms with Crippen molar-refractivity contribution in [3.63, 3.8) is 0 Å². The van der Waals surface area contributed by atoms with Gasteiger partial charge in [0.1, 0.15) is 0 Å². The quantitative estimate of drug-likeness (QED) is 0.877. The van der Waals surface area contributed by atoms with Gasteiger partial charge in [-0.1, -0.05) is 0 Å². The molecule has 1 aromatic carbocycles. The van der Waals surface area contributed by atoms with Gasteiger partial charge < -0.3 is 15.5 Å². The first-order chi connectivity index (χ1) is 10.0. The first-order valence-corrected chi connectivity index (χ1v) is 7.55. The van der Waals surface area contributed by atoms with Gasteiger partial charge in [0.25, 0.3) is 0 Å². The summed E-state index contributed by atoms with van der Waals surface area (Å²) in [6.07, 6.45) is 5.70. The fraction of sp³-hybridized carbons (Fsp3) is 0.471. The molecule has 1 aromatic heterocycles. The molecule has 4 heteroatoms. The SMILES string of the molecule is CN(CC1(N(C)C)CCC1)c1ccc(N)c2cccnc12. The molecule has 112 valence electrons. The molecule has 21 heavy (non-hydrogen) atoms. The number of rotatable bonds is 4. The molecule has 0 radical (unpaired) electrons. The molecular weight excluding hydrogens is 260 g/mol. The lowest BCUT2D eigenvalue weighted by molar-refractivity contribution is 0.0683. The summed E-state index contributed by atoms with van der Waals surface area (Å²) in [4.78, 5) is 9.25. The van der Waals surface area contributed by atoms with E-state index in [2.05, 4.69) is 42.0 Å². The Bertz CT molecular complexity index is 646. The van der Waals surface area contributed by atoms with Gasteiger partial charge in [-0.3, -0.25) is 4.98 Å². The van der Waals surface area contributed by atoms with E-state index in [1.165, 1.54) is 19.3 Å². The van der Waals surface area contributed by atoms with Crippen molar-refractivity contribution in [2.45, 2.75) is 24.8 Å². The maximum Gasteiger partial charge on any atom is 0.0955 e. The van der Waals surface area contributed by atoms with Crippen LogP contribution < -0.4 is 10.6 Å². The lowest BCUT2D eigenvalue weighted by Gasteiger charge is -2.49. The van der Waals surface area contributed by atoms with Gasteiger partial charge in [0, 0.05) is 36.4 Å². The highest BCUT2D eigenvalue weighted by Crippen LogP contribution is 2.38. The maximum absolute atomic E-state index is 6.07. The van der Waals surface area contributed by atoms with Crippen molar-refractivity contribution in [3.05, 3.63) is 30.5 Å². The van der Waals surface area contributed by atoms with E-state index in [9.17, 15) is 0 Å². The van der Waals surface area contributed by atoms with Gasteiger partial charge >= 0.3 is 0 Å². The molecule has 3 rings (SSSR count). The number of hydrogen-bond donors (Lipinski definition) is 1. The Morgan fingerprint density at radius 1 is 1.19 bits per heavy atom. The van der Waals surface area contributed by atoms with Gasteiger partial charge in [0.15, 0.2) is 0 Å². The van der Waals surface area contributed by atoms with Crippen LogP contribution in [0.15, 0.2) is 30.5 Å². The first kappa shape index (κ1) is 14.1. The molecule has 0 unspecified atom stereocenters. The minimum Gasteiger partial charge on any atom is -0.398 e. The average Bonchev–Trinajstić information content (AvgIpc) is 2.43. The predicted molar refractivity (Wildman–Crippen MR) is 89.7 cm³/mol. The van der Waals surface area contributed by atoms with E-state index in [4.69, 9.17) is 5.73 Å². The number of nitrogen functional groups attached to an aromatic ring is 1. The van der Waals surface area contributed by atoms with Crippen molar-refractivity contribution < 1.29 is 0 Å². The number of aromatic nitrogens is 1. The number of likely N-dealkylation sites (N-methyl/N-ethyl adjacent to an activating group) is 2. The van der Waals surface area contributed by atoms with E-state index in [1.54, 1.807) is 0 Å². The first-order valence-electron chi connectivity index (χ1n) is 7.55. The Hall–Kier alpha value is -1.81. The van der Waals surface area contributed by atoms with Crippen LogP contribution >= 0.6 is 0 Å². The normalized spacial score (nSPS) is 17.0. The fourth-order valence-corrected chi connectivity index (χ4v) is 3.35. The molecular formula is C17H24N4. The molecule has 0 bridgehead atoms. The number of pyridine rings is 1. The van der Waals surface area contributed by atoms with Gasteiger partial charge in [-0.25, -0.2) is 0 Å². The van der Waals surface area contributed by atoms with Crippen LogP contribution in [0.5, 0.6) is 0 Å². The molecule has 0 aliphatic heterocycles. The zero-order chi connectivity index (χ0) is 15.0. The van der Waals surface area contributed by atoms with Gasteiger partial charge in [0.05, 0.1) is 11.2 Å². The third-order valence-electron chi connectivity index (χ3n) is 4.96. The van der Waals surface area contributed by atoms with Gasteiger partial charge in [0.2, 0.25) is 0 Å². The minimum absolute atomic E-state index is 0.303. The van der Waals surface area contributed by atoms with Gasteiger partial charge in [-0.2, -0.15) is 0 Å². The molecule has 0 spiro atoms. The molecule has 4 nitrogen and oxygen atoms in total. The number of benzene rings is 1. The zero-order valence-corrected chi connectivity index (χ0v) is 13.1. The van der Waals surface area contributed by atoms with E-state index < -0.39 is 0 Å². The van der Waals surface area contributed by atoms with Crippen LogP contribution in [0.1, 0.15) is 19.3 Å². The lowest BCUT2D eigenvalue weighted by atomic mass is 9.75. The third-order valence-corrected chi connectivity index (χ3v) is 4.96. The topological polar surface area (TPSA) is 45.4 Å². The molecule has 1 heterocycles. The van der Waals surface area contributed by atoms with Crippen LogP contribution in [0.2, 0.25) is 0 Å². The van der Waals surface area contributed by atoms with Crippen molar-refractivity contribution in [2.24, 2.45) is 0 Å². The number of nitrogens with zero attached hydrogens (tertiary/aromatic N) is 3. The number of hydrogen-bond acceptors (Lipinski definition) is 4. The summed E-state index contributed by atoms with van der Waals surface area (Å²) in [6, 6.07) is 8.06. The minimum atomic E-state index is 0.303. The Morgan fingerprint density at radius 3 is 2.57 bits per heavy atom. The third kappa shape index (κ3) is 2.33. The highest BCUT2D eigenvalue weighted by Gasteiger charge is 2.40. The molecule has 1 aliphatic carbocycles. The molecule has 2 aromatic rings. The van der Waals surface area contributed by atoms with Crippen molar-refractivity contribution in [1.82, 2.24) is 9.88 Å². The predicted octanol–water partition coefficient (Wildman–Crippen LogP) is 2.74. The van der Waals surface area contributed by atoms with Crippen LogP contribution in [0.4, 0.5) is 11.4 Å². The standard InChI is InChI=1S/C17H24N4/c1-20(2)17(9-5-10-17)12-21(3)15-8-7-14(18)13-6-4-11-19-16(13)15/h4,6-8,11H,5,9-10,12,18H2,1-3H3. The van der Waals surface area contributed by atoms with Crippen LogP contribution in [-0.2, 0) is 0 Å². The van der Waals surface area contributed by atoms with Crippen LogP contribution in [0.25, 0.3) is 10.9 Å². The molecule has 1 fully saturated rings. The second-order valence-electron chi connectivity index (χ2n) is 6.40. The second-order valence-corrected chi connectivity index (χ2v) is 6.40. The van der Waals surface area contributed by atoms with Gasteiger partial charge in [-0.05, 0) is 57.6 Å². The Balaban J connectivity index is 1.95. The summed E-state index contributed by atoms with van der Waals surface area (Å²) in [5, 5.41) is 1.04. The molecule has 2 N–H and O–H groups in total. The fourth-order valence-electron chi connectivity index (χ4n) is 3.35. The monoisotopic (exact) mass is 284 g/mol. The summed E-state index contributed by atoms with van der Waals surface area (Å²) in [5.41, 5.74) is 9.32. The highest BCUT2D eigenvalue weighted by atomic mass is 15.2. The van der Waals surface area contributed by atoms with Crippen LogP contribution in [-0.4, -0.2) is 43.1 Å². The van der Waals surface area contributed by atoms with E-state index in [0.717, 1.165) is 28.8 Å². The summed E-state index contributed by atoms with van der Waals surface area (Å²) in [6.45, 7) is 1.02. The summed E-state index contributed by atoms with van der Waals surface area (Å²) in [5.74, 6) is 0.